The van der Waals surface area contributed by atoms with Gasteiger partial charge in [0.1, 0.15) is 0 Å². The van der Waals surface area contributed by atoms with Crippen LogP contribution in [-0.4, -0.2) is 16.8 Å². The van der Waals surface area contributed by atoms with E-state index in [2.05, 4.69) is 15.6 Å². The zero-order valence-corrected chi connectivity index (χ0v) is 12.7. The van der Waals surface area contributed by atoms with Gasteiger partial charge in [0, 0.05) is 23.4 Å². The summed E-state index contributed by atoms with van der Waals surface area (Å²) in [7, 11) is 0. The van der Waals surface area contributed by atoms with Crippen LogP contribution in [0.1, 0.15) is 35.1 Å². The first-order chi connectivity index (χ1) is 10.6. The van der Waals surface area contributed by atoms with E-state index in [1.807, 2.05) is 25.1 Å². The molecule has 2 aromatic rings. The van der Waals surface area contributed by atoms with Crippen molar-refractivity contribution in [3.63, 3.8) is 0 Å². The number of aromatic nitrogens is 1. The average molecular weight is 297 g/mol. The van der Waals surface area contributed by atoms with E-state index < -0.39 is 0 Å². The number of benzene rings is 1. The SMILES string of the molecule is CCC(=O)Nc1cccc(C(=O)NCc2cccc(C)n2)c1. The summed E-state index contributed by atoms with van der Waals surface area (Å²) in [4.78, 5) is 27.9. The van der Waals surface area contributed by atoms with Crippen molar-refractivity contribution < 1.29 is 9.59 Å². The van der Waals surface area contributed by atoms with E-state index in [-0.39, 0.29) is 11.8 Å². The number of pyridine rings is 1. The predicted octanol–water partition coefficient (Wildman–Crippen LogP) is 2.67. The fourth-order valence-corrected chi connectivity index (χ4v) is 1.96. The van der Waals surface area contributed by atoms with Gasteiger partial charge in [-0.3, -0.25) is 14.6 Å². The number of aryl methyl sites for hydroxylation is 1. The predicted molar refractivity (Wildman–Crippen MR) is 85.5 cm³/mol. The molecule has 1 aromatic carbocycles. The molecule has 5 heteroatoms. The van der Waals surface area contributed by atoms with Crippen molar-refractivity contribution in [2.24, 2.45) is 0 Å². The normalized spacial score (nSPS) is 10.1. The number of anilines is 1. The van der Waals surface area contributed by atoms with Gasteiger partial charge in [-0.1, -0.05) is 19.1 Å². The van der Waals surface area contributed by atoms with Crippen molar-refractivity contribution in [3.05, 3.63) is 59.4 Å². The Morgan fingerprint density at radius 2 is 1.91 bits per heavy atom. The van der Waals surface area contributed by atoms with Gasteiger partial charge < -0.3 is 10.6 Å². The topological polar surface area (TPSA) is 71.1 Å². The summed E-state index contributed by atoms with van der Waals surface area (Å²) in [6.07, 6.45) is 0.398. The van der Waals surface area contributed by atoms with Crippen LogP contribution >= 0.6 is 0 Å². The van der Waals surface area contributed by atoms with Crippen LogP contribution in [0.15, 0.2) is 42.5 Å². The van der Waals surface area contributed by atoms with Crippen molar-refractivity contribution in [2.45, 2.75) is 26.8 Å². The van der Waals surface area contributed by atoms with Crippen LogP contribution in [0.5, 0.6) is 0 Å². The lowest BCUT2D eigenvalue weighted by Gasteiger charge is -2.08. The van der Waals surface area contributed by atoms with Crippen molar-refractivity contribution in [1.29, 1.82) is 0 Å². The number of rotatable bonds is 5. The third kappa shape index (κ3) is 4.41. The molecule has 0 aliphatic heterocycles. The smallest absolute Gasteiger partial charge is 0.251 e. The van der Waals surface area contributed by atoms with Crippen LogP contribution in [0, 0.1) is 6.92 Å². The molecule has 0 radical (unpaired) electrons. The standard InChI is InChI=1S/C17H19N3O2/c1-3-16(21)20-14-8-5-7-13(10-14)17(22)18-11-15-9-4-6-12(2)19-15/h4-10H,3,11H2,1-2H3,(H,18,22)(H,20,21). The molecule has 1 aromatic heterocycles. The van der Waals surface area contributed by atoms with Crippen molar-refractivity contribution in [2.75, 3.05) is 5.32 Å². The molecular weight excluding hydrogens is 278 g/mol. The fourth-order valence-electron chi connectivity index (χ4n) is 1.96. The minimum Gasteiger partial charge on any atom is -0.346 e. The van der Waals surface area contributed by atoms with Crippen molar-refractivity contribution in [3.8, 4) is 0 Å². The minimum absolute atomic E-state index is 0.0819. The van der Waals surface area contributed by atoms with Gasteiger partial charge in [-0.25, -0.2) is 0 Å². The highest BCUT2D eigenvalue weighted by Crippen LogP contribution is 2.11. The monoisotopic (exact) mass is 297 g/mol. The van der Waals surface area contributed by atoms with E-state index in [0.717, 1.165) is 11.4 Å². The summed E-state index contributed by atoms with van der Waals surface area (Å²) in [6.45, 7) is 4.05. The molecule has 2 amide bonds. The molecule has 2 rings (SSSR count). The summed E-state index contributed by atoms with van der Waals surface area (Å²) >= 11 is 0. The summed E-state index contributed by atoms with van der Waals surface area (Å²) in [5.74, 6) is -0.280. The second-order valence-electron chi connectivity index (χ2n) is 4.94. The maximum Gasteiger partial charge on any atom is 0.251 e. The molecule has 0 spiro atoms. The Hall–Kier alpha value is -2.69. The Bertz CT molecular complexity index is 683. The Labute approximate surface area is 129 Å². The number of nitrogens with one attached hydrogen (secondary N) is 2. The van der Waals surface area contributed by atoms with Gasteiger partial charge in [-0.2, -0.15) is 0 Å². The molecule has 0 aliphatic rings. The highest BCUT2D eigenvalue weighted by molar-refractivity contribution is 5.97. The van der Waals surface area contributed by atoms with Gasteiger partial charge in [-0.05, 0) is 37.3 Å². The van der Waals surface area contributed by atoms with Gasteiger partial charge in [-0.15, -0.1) is 0 Å². The van der Waals surface area contributed by atoms with E-state index in [1.165, 1.54) is 0 Å². The van der Waals surface area contributed by atoms with Crippen molar-refractivity contribution >= 4 is 17.5 Å². The molecule has 0 atom stereocenters. The molecule has 5 nitrogen and oxygen atoms in total. The summed E-state index contributed by atoms with van der Waals surface area (Å²) in [6, 6.07) is 12.5. The number of hydrogen-bond donors (Lipinski definition) is 2. The molecule has 1 heterocycles. The third-order valence-corrected chi connectivity index (χ3v) is 3.11. The summed E-state index contributed by atoms with van der Waals surface area (Å²) in [5.41, 5.74) is 2.84. The second kappa shape index (κ2) is 7.36. The van der Waals surface area contributed by atoms with Crippen molar-refractivity contribution in [1.82, 2.24) is 10.3 Å². The molecule has 0 saturated carbocycles. The molecule has 0 unspecified atom stereocenters. The number of nitrogens with zero attached hydrogens (tertiary/aromatic N) is 1. The largest absolute Gasteiger partial charge is 0.346 e. The van der Waals surface area contributed by atoms with Gasteiger partial charge in [0.05, 0.1) is 12.2 Å². The van der Waals surface area contributed by atoms with E-state index in [0.29, 0.717) is 24.2 Å². The second-order valence-corrected chi connectivity index (χ2v) is 4.94. The molecule has 0 fully saturated rings. The molecular formula is C17H19N3O2. The molecule has 0 aliphatic carbocycles. The zero-order chi connectivity index (χ0) is 15.9. The highest BCUT2D eigenvalue weighted by Gasteiger charge is 2.07. The lowest BCUT2D eigenvalue weighted by atomic mass is 10.2. The highest BCUT2D eigenvalue weighted by atomic mass is 16.2. The van der Waals surface area contributed by atoms with Crippen LogP contribution in [0.3, 0.4) is 0 Å². The van der Waals surface area contributed by atoms with Crippen LogP contribution in [-0.2, 0) is 11.3 Å². The lowest BCUT2D eigenvalue weighted by molar-refractivity contribution is -0.115. The first-order valence-electron chi connectivity index (χ1n) is 7.19. The van der Waals surface area contributed by atoms with Gasteiger partial charge in [0.15, 0.2) is 0 Å². The summed E-state index contributed by atoms with van der Waals surface area (Å²) in [5, 5.41) is 5.56. The van der Waals surface area contributed by atoms with Gasteiger partial charge in [0.25, 0.3) is 5.91 Å². The number of amides is 2. The van der Waals surface area contributed by atoms with Gasteiger partial charge in [0.2, 0.25) is 5.91 Å². The number of carbonyl (C=O) groups excluding carboxylic acids is 2. The Morgan fingerprint density at radius 1 is 1.14 bits per heavy atom. The van der Waals surface area contributed by atoms with E-state index in [9.17, 15) is 9.59 Å². The third-order valence-electron chi connectivity index (χ3n) is 3.11. The first kappa shape index (κ1) is 15.7. The number of hydrogen-bond acceptors (Lipinski definition) is 3. The number of carbonyl (C=O) groups is 2. The average Bonchev–Trinajstić information content (AvgIpc) is 2.53. The zero-order valence-electron chi connectivity index (χ0n) is 12.7. The summed E-state index contributed by atoms with van der Waals surface area (Å²) < 4.78 is 0. The van der Waals surface area contributed by atoms with E-state index >= 15 is 0 Å². The maximum atomic E-state index is 12.2. The Kier molecular flexibility index (Phi) is 5.25. The molecule has 2 N–H and O–H groups in total. The molecule has 0 saturated heterocycles. The van der Waals surface area contributed by atoms with Crippen LogP contribution in [0.2, 0.25) is 0 Å². The van der Waals surface area contributed by atoms with Crippen LogP contribution < -0.4 is 10.6 Å². The van der Waals surface area contributed by atoms with Crippen LogP contribution in [0.4, 0.5) is 5.69 Å². The fraction of sp³-hybridized carbons (Fsp3) is 0.235. The van der Waals surface area contributed by atoms with Crippen LogP contribution in [0.25, 0.3) is 0 Å². The lowest BCUT2D eigenvalue weighted by Crippen LogP contribution is -2.23. The molecule has 114 valence electrons. The Balaban J connectivity index is 2.00. The molecule has 22 heavy (non-hydrogen) atoms. The van der Waals surface area contributed by atoms with E-state index in [4.69, 9.17) is 0 Å². The van der Waals surface area contributed by atoms with E-state index in [1.54, 1.807) is 31.2 Å². The maximum absolute atomic E-state index is 12.2. The Morgan fingerprint density at radius 3 is 2.64 bits per heavy atom. The first-order valence-corrected chi connectivity index (χ1v) is 7.19. The molecule has 0 bridgehead atoms. The van der Waals surface area contributed by atoms with Gasteiger partial charge >= 0.3 is 0 Å². The minimum atomic E-state index is -0.198. The quantitative estimate of drug-likeness (QED) is 0.891.